The number of carbonyl (C=O) groups excluding carboxylic acids is 1. The predicted molar refractivity (Wildman–Crippen MR) is 78.2 cm³/mol. The van der Waals surface area contributed by atoms with E-state index in [1.807, 2.05) is 24.3 Å². The first-order valence-corrected chi connectivity index (χ1v) is 6.42. The first-order chi connectivity index (χ1) is 10.3. The number of hydrogen-bond donors (Lipinski definition) is 3. The molecule has 3 N–H and O–H groups in total. The third-order valence-electron chi connectivity index (χ3n) is 2.71. The first kappa shape index (κ1) is 14.7. The number of hydrazine groups is 1. The zero-order chi connectivity index (χ0) is 14.9. The summed E-state index contributed by atoms with van der Waals surface area (Å²) < 4.78 is 5.12. The van der Waals surface area contributed by atoms with Crippen molar-refractivity contribution in [3.05, 3.63) is 53.9 Å². The van der Waals surface area contributed by atoms with Gasteiger partial charge in [0.15, 0.2) is 0 Å². The smallest absolute Gasteiger partial charge is 0.333 e. The summed E-state index contributed by atoms with van der Waals surface area (Å²) in [5.74, 6) is 0.326. The molecule has 1 aromatic heterocycles. The Hall–Kier alpha value is -2.67. The van der Waals surface area contributed by atoms with Crippen molar-refractivity contribution in [2.24, 2.45) is 0 Å². The van der Waals surface area contributed by atoms with E-state index in [2.05, 4.69) is 26.1 Å². The molecule has 0 saturated heterocycles. The van der Waals surface area contributed by atoms with Crippen LogP contribution in [-0.2, 0) is 17.9 Å². The van der Waals surface area contributed by atoms with E-state index in [0.29, 0.717) is 19.1 Å². The number of nitrogens with zero attached hydrogens (tertiary/aromatic N) is 2. The highest BCUT2D eigenvalue weighted by molar-refractivity contribution is 5.74. The number of amides is 2. The van der Waals surface area contributed by atoms with Gasteiger partial charge in [-0.25, -0.2) is 20.2 Å². The standard InChI is InChI=1S/C14H17N5O2/c1-21-10-12-6-3-2-5-11(12)9-17-14(20)19-18-13-15-7-4-8-16-13/h2-8H,9-10H2,1H3,(H,15,16,18)(H2,17,19,20). The Morgan fingerprint density at radius 2 is 1.86 bits per heavy atom. The van der Waals surface area contributed by atoms with E-state index >= 15 is 0 Å². The van der Waals surface area contributed by atoms with Gasteiger partial charge in [0, 0.05) is 26.0 Å². The fourth-order valence-corrected chi connectivity index (χ4v) is 1.72. The van der Waals surface area contributed by atoms with Crippen molar-refractivity contribution in [1.29, 1.82) is 0 Å². The molecule has 0 aliphatic carbocycles. The van der Waals surface area contributed by atoms with Crippen molar-refractivity contribution in [3.8, 4) is 0 Å². The maximum absolute atomic E-state index is 11.7. The number of methoxy groups -OCH3 is 1. The Morgan fingerprint density at radius 3 is 2.57 bits per heavy atom. The van der Waals surface area contributed by atoms with E-state index < -0.39 is 0 Å². The van der Waals surface area contributed by atoms with E-state index in [0.717, 1.165) is 11.1 Å². The van der Waals surface area contributed by atoms with Crippen LogP contribution in [0, 0.1) is 0 Å². The molecule has 7 heteroatoms. The zero-order valence-corrected chi connectivity index (χ0v) is 11.7. The molecule has 2 aromatic rings. The summed E-state index contributed by atoms with van der Waals surface area (Å²) in [6.45, 7) is 0.915. The van der Waals surface area contributed by atoms with E-state index in [4.69, 9.17) is 4.74 Å². The highest BCUT2D eigenvalue weighted by Crippen LogP contribution is 2.09. The van der Waals surface area contributed by atoms with Crippen molar-refractivity contribution in [3.63, 3.8) is 0 Å². The van der Waals surface area contributed by atoms with Gasteiger partial charge in [-0.15, -0.1) is 0 Å². The quantitative estimate of drug-likeness (QED) is 0.700. The SMILES string of the molecule is COCc1ccccc1CNC(=O)NNc1ncccn1. The van der Waals surface area contributed by atoms with Crippen LogP contribution in [0.1, 0.15) is 11.1 Å². The number of carbonyl (C=O) groups is 1. The van der Waals surface area contributed by atoms with Crippen LogP contribution >= 0.6 is 0 Å². The predicted octanol–water partition coefficient (Wildman–Crippen LogP) is 1.45. The molecule has 21 heavy (non-hydrogen) atoms. The number of rotatable bonds is 6. The first-order valence-electron chi connectivity index (χ1n) is 6.42. The Kier molecular flexibility index (Phi) is 5.48. The van der Waals surface area contributed by atoms with Crippen LogP contribution < -0.4 is 16.2 Å². The molecule has 110 valence electrons. The minimum absolute atomic E-state index is 0.326. The summed E-state index contributed by atoms with van der Waals surface area (Å²) in [5, 5.41) is 2.74. The van der Waals surface area contributed by atoms with E-state index in [9.17, 15) is 4.79 Å². The number of hydrogen-bond acceptors (Lipinski definition) is 5. The van der Waals surface area contributed by atoms with Crippen LogP contribution in [0.4, 0.5) is 10.7 Å². The lowest BCUT2D eigenvalue weighted by atomic mass is 10.1. The van der Waals surface area contributed by atoms with Crippen molar-refractivity contribution in [2.75, 3.05) is 12.5 Å². The fourth-order valence-electron chi connectivity index (χ4n) is 1.72. The van der Waals surface area contributed by atoms with Gasteiger partial charge in [0.25, 0.3) is 0 Å². The third-order valence-corrected chi connectivity index (χ3v) is 2.71. The lowest BCUT2D eigenvalue weighted by Crippen LogP contribution is -2.39. The average molecular weight is 287 g/mol. The summed E-state index contributed by atoms with van der Waals surface area (Å²) >= 11 is 0. The summed E-state index contributed by atoms with van der Waals surface area (Å²) in [6, 6.07) is 9.10. The molecule has 0 fully saturated rings. The molecule has 0 aliphatic heterocycles. The number of aromatic nitrogens is 2. The topological polar surface area (TPSA) is 88.2 Å². The maximum atomic E-state index is 11.7. The Labute approximate surface area is 122 Å². The largest absolute Gasteiger partial charge is 0.380 e. The van der Waals surface area contributed by atoms with Gasteiger partial charge in [-0.2, -0.15) is 0 Å². The van der Waals surface area contributed by atoms with Gasteiger partial charge in [0.1, 0.15) is 0 Å². The summed E-state index contributed by atoms with van der Waals surface area (Å²) in [7, 11) is 1.64. The molecule has 0 spiro atoms. The number of anilines is 1. The van der Waals surface area contributed by atoms with Gasteiger partial charge in [-0.05, 0) is 17.2 Å². The second-order valence-electron chi connectivity index (χ2n) is 4.21. The molecule has 0 saturated carbocycles. The molecule has 0 bridgehead atoms. The molecule has 1 heterocycles. The monoisotopic (exact) mass is 287 g/mol. The van der Waals surface area contributed by atoms with Crippen LogP contribution in [0.3, 0.4) is 0 Å². The van der Waals surface area contributed by atoms with Crippen LogP contribution in [0.2, 0.25) is 0 Å². The summed E-state index contributed by atoms with van der Waals surface area (Å²) in [4.78, 5) is 19.5. The molecular formula is C14H17N5O2. The van der Waals surface area contributed by atoms with Gasteiger partial charge in [-0.1, -0.05) is 24.3 Å². The fraction of sp³-hybridized carbons (Fsp3) is 0.214. The molecule has 2 rings (SSSR count). The van der Waals surface area contributed by atoms with Gasteiger partial charge < -0.3 is 10.1 Å². The lowest BCUT2D eigenvalue weighted by molar-refractivity contribution is 0.184. The Morgan fingerprint density at radius 1 is 1.14 bits per heavy atom. The van der Waals surface area contributed by atoms with Gasteiger partial charge in [0.2, 0.25) is 5.95 Å². The number of nitrogens with one attached hydrogen (secondary N) is 3. The molecule has 0 atom stereocenters. The van der Waals surface area contributed by atoms with E-state index in [1.165, 1.54) is 0 Å². The molecule has 1 aromatic carbocycles. The lowest BCUT2D eigenvalue weighted by Gasteiger charge is -2.11. The van der Waals surface area contributed by atoms with E-state index in [-0.39, 0.29) is 6.03 Å². The minimum Gasteiger partial charge on any atom is -0.380 e. The highest BCUT2D eigenvalue weighted by atomic mass is 16.5. The van der Waals surface area contributed by atoms with Crippen molar-refractivity contribution in [2.45, 2.75) is 13.2 Å². The molecule has 0 radical (unpaired) electrons. The van der Waals surface area contributed by atoms with Crippen LogP contribution in [0.25, 0.3) is 0 Å². The molecule has 0 unspecified atom stereocenters. The molecule has 0 aliphatic rings. The molecule has 2 amide bonds. The minimum atomic E-state index is -0.366. The molecular weight excluding hydrogens is 270 g/mol. The third kappa shape index (κ3) is 4.73. The van der Waals surface area contributed by atoms with Crippen molar-refractivity contribution in [1.82, 2.24) is 20.7 Å². The number of benzene rings is 1. The second kappa shape index (κ2) is 7.81. The van der Waals surface area contributed by atoms with Crippen LogP contribution in [0.5, 0.6) is 0 Å². The number of urea groups is 1. The number of ether oxygens (including phenoxy) is 1. The Balaban J connectivity index is 1.81. The van der Waals surface area contributed by atoms with Gasteiger partial charge >= 0.3 is 6.03 Å². The van der Waals surface area contributed by atoms with E-state index in [1.54, 1.807) is 25.6 Å². The summed E-state index contributed by atoms with van der Waals surface area (Å²) in [6.07, 6.45) is 3.16. The molecule has 7 nitrogen and oxygen atoms in total. The maximum Gasteiger partial charge on any atom is 0.333 e. The van der Waals surface area contributed by atoms with Crippen LogP contribution in [-0.4, -0.2) is 23.1 Å². The zero-order valence-electron chi connectivity index (χ0n) is 11.7. The van der Waals surface area contributed by atoms with Gasteiger partial charge in [-0.3, -0.25) is 5.43 Å². The normalized spacial score (nSPS) is 9.95. The highest BCUT2D eigenvalue weighted by Gasteiger charge is 2.04. The summed E-state index contributed by atoms with van der Waals surface area (Å²) in [5.41, 5.74) is 7.12. The van der Waals surface area contributed by atoms with Crippen molar-refractivity contribution >= 4 is 12.0 Å². The van der Waals surface area contributed by atoms with Gasteiger partial charge in [0.05, 0.1) is 6.61 Å². The van der Waals surface area contributed by atoms with Crippen molar-refractivity contribution < 1.29 is 9.53 Å². The average Bonchev–Trinajstić information content (AvgIpc) is 2.53. The second-order valence-corrected chi connectivity index (χ2v) is 4.21. The van der Waals surface area contributed by atoms with Crippen LogP contribution in [0.15, 0.2) is 42.7 Å². The Bertz CT molecular complexity index is 577.